The second-order valence-corrected chi connectivity index (χ2v) is 11.7. The Morgan fingerprint density at radius 3 is 1.82 bits per heavy atom. The van der Waals surface area contributed by atoms with Gasteiger partial charge in [0.25, 0.3) is 0 Å². The summed E-state index contributed by atoms with van der Waals surface area (Å²) in [4.78, 5) is 0. The van der Waals surface area contributed by atoms with Crippen LogP contribution in [0.3, 0.4) is 0 Å². The van der Waals surface area contributed by atoms with Crippen molar-refractivity contribution in [3.05, 3.63) is 174 Å². The van der Waals surface area contributed by atoms with Crippen molar-refractivity contribution in [2.24, 2.45) is 10.8 Å². The van der Waals surface area contributed by atoms with Gasteiger partial charge < -0.3 is 0 Å². The summed E-state index contributed by atoms with van der Waals surface area (Å²) in [7, 11) is 0. The lowest BCUT2D eigenvalue weighted by Crippen LogP contribution is -2.65. The fourth-order valence-corrected chi connectivity index (χ4v) is 9.78. The van der Waals surface area contributed by atoms with Crippen LogP contribution in [0.25, 0.3) is 27.1 Å². The van der Waals surface area contributed by atoms with Gasteiger partial charge in [-0.3, -0.25) is 0 Å². The van der Waals surface area contributed by atoms with E-state index in [1.807, 2.05) is 0 Å². The van der Waals surface area contributed by atoms with Crippen molar-refractivity contribution in [1.82, 2.24) is 0 Å². The highest BCUT2D eigenvalue weighted by Crippen LogP contribution is 2.81. The highest BCUT2D eigenvalue weighted by molar-refractivity contribution is 6.14. The Kier molecular flexibility index (Phi) is 3.10. The minimum Gasteiger partial charge on any atom is -0.0718 e. The van der Waals surface area contributed by atoms with E-state index in [-0.39, 0.29) is 21.7 Å². The Morgan fingerprint density at radius 2 is 1.05 bits per heavy atom. The van der Waals surface area contributed by atoms with E-state index in [1.54, 1.807) is 0 Å². The van der Waals surface area contributed by atoms with E-state index >= 15 is 0 Å². The lowest BCUT2D eigenvalue weighted by Gasteiger charge is -2.67. The summed E-state index contributed by atoms with van der Waals surface area (Å²) in [5, 5.41) is 5.52. The second kappa shape index (κ2) is 6.00. The van der Waals surface area contributed by atoms with Gasteiger partial charge in [-0.25, -0.2) is 0 Å². The number of allylic oxidation sites excluding steroid dienone is 14. The molecule has 0 N–H and O–H groups in total. The average molecular weight is 481 g/mol. The van der Waals surface area contributed by atoms with E-state index in [0.29, 0.717) is 0 Å². The Labute approximate surface area is 222 Å². The van der Waals surface area contributed by atoms with Crippen LogP contribution >= 0.6 is 0 Å². The maximum absolute atomic E-state index is 2.58. The van der Waals surface area contributed by atoms with Gasteiger partial charge in [-0.2, -0.15) is 0 Å². The van der Waals surface area contributed by atoms with Gasteiger partial charge in [0, 0.05) is 16.2 Å². The number of hydrogen-bond donors (Lipinski definition) is 0. The van der Waals surface area contributed by atoms with Gasteiger partial charge in [-0.15, -0.1) is 0 Å². The van der Waals surface area contributed by atoms with Crippen molar-refractivity contribution in [3.8, 4) is 0 Å². The van der Waals surface area contributed by atoms with E-state index in [0.717, 1.165) is 0 Å². The smallest absolute Gasteiger partial charge is 0.0616 e. The second-order valence-electron chi connectivity index (χ2n) is 11.7. The molecule has 38 heavy (non-hydrogen) atoms. The van der Waals surface area contributed by atoms with Crippen molar-refractivity contribution in [1.29, 1.82) is 0 Å². The summed E-state index contributed by atoms with van der Waals surface area (Å²) in [6.07, 6.45) is 28.7. The molecule has 0 aliphatic heterocycles. The first-order valence-corrected chi connectivity index (χ1v) is 13.7. The Hall–Kier alpha value is -4.42. The van der Waals surface area contributed by atoms with Crippen LogP contribution in [-0.4, -0.2) is 0 Å². The standard InChI is InChI=1S/C38H24/c1-2-20-35-21-3-4-22-36(35)23-5-6-24-37(36)28-17-8-13-26-14-10-19-30(33(26)28)38(37)29-18-9-12-25-11-7-15-27(32(25)29)34(38)31(35)16-1/h1-24H. The van der Waals surface area contributed by atoms with Crippen molar-refractivity contribution in [3.63, 3.8) is 0 Å². The summed E-state index contributed by atoms with van der Waals surface area (Å²) in [6, 6.07) is 28.0. The Bertz CT molecular complexity index is 1990. The maximum atomic E-state index is 2.58. The number of benzene rings is 4. The summed E-state index contributed by atoms with van der Waals surface area (Å²) >= 11 is 0. The molecular weight excluding hydrogens is 456 g/mol. The molecule has 0 saturated carbocycles. The number of hydrogen-bond acceptors (Lipinski definition) is 0. The fourth-order valence-electron chi connectivity index (χ4n) is 9.78. The first kappa shape index (κ1) is 19.7. The molecule has 6 aliphatic rings. The first-order chi connectivity index (χ1) is 18.8. The summed E-state index contributed by atoms with van der Waals surface area (Å²) in [6.45, 7) is 0. The molecule has 0 radical (unpaired) electrons. The van der Waals surface area contributed by atoms with E-state index in [9.17, 15) is 0 Å². The highest BCUT2D eigenvalue weighted by Gasteiger charge is 2.77. The Morgan fingerprint density at radius 1 is 0.474 bits per heavy atom. The molecule has 4 spiro atoms. The zero-order chi connectivity index (χ0) is 24.7. The van der Waals surface area contributed by atoms with Gasteiger partial charge in [0.15, 0.2) is 0 Å². The third-order valence-corrected chi connectivity index (χ3v) is 10.7. The molecule has 0 heteroatoms. The first-order valence-electron chi connectivity index (χ1n) is 13.7. The monoisotopic (exact) mass is 480 g/mol. The SMILES string of the molecule is C1=CC2=C3c4cccc5cccc(c45)C34c3cccc5cccc(c35)C43C=CC=CC34C=CC=CC24C=C1. The van der Waals surface area contributed by atoms with Crippen molar-refractivity contribution in [2.45, 2.75) is 10.8 Å². The van der Waals surface area contributed by atoms with Gasteiger partial charge in [0.1, 0.15) is 0 Å². The quantitative estimate of drug-likeness (QED) is 0.236. The largest absolute Gasteiger partial charge is 0.0718 e. The van der Waals surface area contributed by atoms with Crippen LogP contribution in [0, 0.1) is 10.8 Å². The normalized spacial score (nSPS) is 33.5. The molecule has 0 nitrogen and oxygen atoms in total. The molecule has 4 atom stereocenters. The molecule has 6 aliphatic carbocycles. The predicted octanol–water partition coefficient (Wildman–Crippen LogP) is 8.66. The lowest BCUT2D eigenvalue weighted by molar-refractivity contribution is 0.133. The molecule has 10 rings (SSSR count). The van der Waals surface area contributed by atoms with E-state index in [4.69, 9.17) is 0 Å². The third-order valence-electron chi connectivity index (χ3n) is 10.7. The van der Waals surface area contributed by atoms with Gasteiger partial charge in [0.2, 0.25) is 0 Å². The van der Waals surface area contributed by atoms with Crippen LogP contribution < -0.4 is 0 Å². The third kappa shape index (κ3) is 1.63. The molecule has 176 valence electrons. The summed E-state index contributed by atoms with van der Waals surface area (Å²) in [5.74, 6) is 0. The van der Waals surface area contributed by atoms with E-state index < -0.39 is 0 Å². The van der Waals surface area contributed by atoms with Gasteiger partial charge in [0.05, 0.1) is 5.41 Å². The fraction of sp³-hybridized carbons (Fsp3) is 0.105. The van der Waals surface area contributed by atoms with E-state index in [1.165, 1.54) is 54.9 Å². The van der Waals surface area contributed by atoms with Crippen LogP contribution in [-0.2, 0) is 10.8 Å². The van der Waals surface area contributed by atoms with Gasteiger partial charge in [-0.1, -0.05) is 146 Å². The maximum Gasteiger partial charge on any atom is 0.0616 e. The van der Waals surface area contributed by atoms with E-state index in [2.05, 4.69) is 146 Å². The van der Waals surface area contributed by atoms with Crippen LogP contribution in [0.15, 0.2) is 151 Å². The summed E-state index contributed by atoms with van der Waals surface area (Å²) in [5.41, 5.74) is 7.42. The number of rotatable bonds is 0. The topological polar surface area (TPSA) is 0 Å². The minimum absolute atomic E-state index is 0.287. The van der Waals surface area contributed by atoms with Crippen LogP contribution in [0.1, 0.15) is 22.3 Å². The molecule has 0 amide bonds. The molecule has 0 bridgehead atoms. The van der Waals surface area contributed by atoms with Crippen molar-refractivity contribution in [2.75, 3.05) is 0 Å². The average Bonchev–Trinajstić information content (AvgIpc) is 3.41. The number of fused-ring (bicyclic) bond motifs is 1. The van der Waals surface area contributed by atoms with Crippen LogP contribution in [0.2, 0.25) is 0 Å². The van der Waals surface area contributed by atoms with Gasteiger partial charge >= 0.3 is 0 Å². The molecule has 0 fully saturated rings. The molecule has 0 saturated heterocycles. The lowest BCUT2D eigenvalue weighted by atomic mass is 9.34. The Balaban J connectivity index is 1.58. The molecule has 0 heterocycles. The summed E-state index contributed by atoms with van der Waals surface area (Å²) < 4.78 is 0. The van der Waals surface area contributed by atoms with Gasteiger partial charge in [-0.05, 0) is 54.9 Å². The van der Waals surface area contributed by atoms with Crippen molar-refractivity contribution >= 4 is 27.1 Å². The molecule has 4 aromatic rings. The zero-order valence-electron chi connectivity index (χ0n) is 20.9. The van der Waals surface area contributed by atoms with Crippen LogP contribution in [0.5, 0.6) is 0 Å². The molecule has 0 aromatic heterocycles. The van der Waals surface area contributed by atoms with Crippen LogP contribution in [0.4, 0.5) is 0 Å². The minimum atomic E-state index is -0.343. The zero-order valence-corrected chi connectivity index (χ0v) is 20.9. The van der Waals surface area contributed by atoms with Crippen molar-refractivity contribution < 1.29 is 0 Å². The predicted molar refractivity (Wildman–Crippen MR) is 157 cm³/mol. The molecule has 4 aromatic carbocycles. The molecular formula is C38H24. The highest BCUT2D eigenvalue weighted by atomic mass is 14.8. The molecule has 4 unspecified atom stereocenters.